The van der Waals surface area contributed by atoms with Gasteiger partial charge in [-0.3, -0.25) is 0 Å². The van der Waals surface area contributed by atoms with E-state index in [4.69, 9.17) is 22.1 Å². The van der Waals surface area contributed by atoms with Crippen LogP contribution in [0.2, 0.25) is 5.02 Å². The van der Waals surface area contributed by atoms with E-state index in [0.29, 0.717) is 23.1 Å². The fourth-order valence-corrected chi connectivity index (χ4v) is 1.99. The van der Waals surface area contributed by atoms with E-state index < -0.39 is 0 Å². The van der Waals surface area contributed by atoms with Crippen molar-refractivity contribution in [3.63, 3.8) is 0 Å². The third-order valence-corrected chi connectivity index (χ3v) is 3.17. The number of halogens is 2. The Bertz CT molecular complexity index is 531. The SMILES string of the molecule is Nc1cc(Br)ccc1OCc1ccccc1Cl. The highest BCUT2D eigenvalue weighted by Crippen LogP contribution is 2.26. The van der Waals surface area contributed by atoms with Gasteiger partial charge in [0.1, 0.15) is 12.4 Å². The molecule has 17 heavy (non-hydrogen) atoms. The zero-order valence-electron chi connectivity index (χ0n) is 8.99. The Labute approximate surface area is 113 Å². The summed E-state index contributed by atoms with van der Waals surface area (Å²) in [6.07, 6.45) is 0. The van der Waals surface area contributed by atoms with Gasteiger partial charge in [0.25, 0.3) is 0 Å². The maximum absolute atomic E-state index is 6.04. The highest BCUT2D eigenvalue weighted by Gasteiger charge is 2.03. The lowest BCUT2D eigenvalue weighted by molar-refractivity contribution is 0.308. The number of ether oxygens (including phenoxy) is 1. The van der Waals surface area contributed by atoms with Gasteiger partial charge in [-0.05, 0) is 24.3 Å². The van der Waals surface area contributed by atoms with Crippen LogP contribution in [0.4, 0.5) is 5.69 Å². The normalized spacial score (nSPS) is 10.2. The summed E-state index contributed by atoms with van der Waals surface area (Å²) in [5.74, 6) is 0.660. The molecule has 2 aromatic rings. The first-order valence-corrected chi connectivity index (χ1v) is 6.25. The summed E-state index contributed by atoms with van der Waals surface area (Å²) in [5, 5.41) is 0.697. The van der Waals surface area contributed by atoms with Gasteiger partial charge in [-0.15, -0.1) is 0 Å². The molecule has 0 aliphatic carbocycles. The van der Waals surface area contributed by atoms with Gasteiger partial charge in [0.05, 0.1) is 5.69 Å². The third-order valence-electron chi connectivity index (χ3n) is 2.31. The third kappa shape index (κ3) is 3.14. The summed E-state index contributed by atoms with van der Waals surface area (Å²) in [6.45, 7) is 0.408. The van der Waals surface area contributed by atoms with Crippen molar-refractivity contribution in [1.29, 1.82) is 0 Å². The van der Waals surface area contributed by atoms with Crippen molar-refractivity contribution in [2.45, 2.75) is 6.61 Å². The van der Waals surface area contributed by atoms with E-state index in [-0.39, 0.29) is 0 Å². The predicted octanol–water partition coefficient (Wildman–Crippen LogP) is 4.26. The lowest BCUT2D eigenvalue weighted by atomic mass is 10.2. The minimum Gasteiger partial charge on any atom is -0.487 e. The standard InChI is InChI=1S/C13H11BrClNO/c14-10-5-6-13(12(16)7-10)17-8-9-3-1-2-4-11(9)15/h1-7H,8,16H2. The van der Waals surface area contributed by atoms with Gasteiger partial charge in [0, 0.05) is 15.1 Å². The maximum atomic E-state index is 6.04. The number of rotatable bonds is 3. The quantitative estimate of drug-likeness (QED) is 0.859. The molecule has 2 N–H and O–H groups in total. The topological polar surface area (TPSA) is 35.2 Å². The molecule has 0 saturated heterocycles. The molecule has 0 aliphatic heterocycles. The molecule has 88 valence electrons. The Balaban J connectivity index is 2.10. The van der Waals surface area contributed by atoms with E-state index >= 15 is 0 Å². The number of nitrogen functional groups attached to an aromatic ring is 1. The second-order valence-electron chi connectivity index (χ2n) is 3.56. The van der Waals surface area contributed by atoms with Gasteiger partial charge < -0.3 is 10.5 Å². The van der Waals surface area contributed by atoms with Crippen LogP contribution >= 0.6 is 27.5 Å². The van der Waals surface area contributed by atoms with Crippen LogP contribution in [-0.2, 0) is 6.61 Å². The first kappa shape index (κ1) is 12.3. The van der Waals surface area contributed by atoms with E-state index in [0.717, 1.165) is 10.0 Å². The summed E-state index contributed by atoms with van der Waals surface area (Å²) in [7, 11) is 0. The zero-order chi connectivity index (χ0) is 12.3. The monoisotopic (exact) mass is 311 g/mol. The Hall–Kier alpha value is -1.19. The molecule has 0 amide bonds. The van der Waals surface area contributed by atoms with Crippen LogP contribution in [0, 0.1) is 0 Å². The highest BCUT2D eigenvalue weighted by molar-refractivity contribution is 9.10. The van der Waals surface area contributed by atoms with Crippen molar-refractivity contribution >= 4 is 33.2 Å². The van der Waals surface area contributed by atoms with Crippen molar-refractivity contribution in [2.24, 2.45) is 0 Å². The van der Waals surface area contributed by atoms with Gasteiger partial charge in [0.15, 0.2) is 0 Å². The minimum absolute atomic E-state index is 0.408. The molecule has 0 saturated carbocycles. The van der Waals surface area contributed by atoms with Crippen molar-refractivity contribution in [1.82, 2.24) is 0 Å². The molecule has 0 heterocycles. The van der Waals surface area contributed by atoms with Gasteiger partial charge >= 0.3 is 0 Å². The van der Waals surface area contributed by atoms with Crippen molar-refractivity contribution in [3.8, 4) is 5.75 Å². The second kappa shape index (κ2) is 5.43. The molecular formula is C13H11BrClNO. The zero-order valence-corrected chi connectivity index (χ0v) is 11.3. The lowest BCUT2D eigenvalue weighted by Gasteiger charge is -2.10. The van der Waals surface area contributed by atoms with E-state index in [1.807, 2.05) is 42.5 Å². The number of hydrogen-bond acceptors (Lipinski definition) is 2. The Morgan fingerprint density at radius 2 is 1.94 bits per heavy atom. The van der Waals surface area contributed by atoms with Gasteiger partial charge in [-0.2, -0.15) is 0 Å². The maximum Gasteiger partial charge on any atom is 0.142 e. The molecule has 2 nitrogen and oxygen atoms in total. The largest absolute Gasteiger partial charge is 0.487 e. The van der Waals surface area contributed by atoms with E-state index in [1.165, 1.54) is 0 Å². The molecule has 0 aliphatic rings. The van der Waals surface area contributed by atoms with Crippen LogP contribution in [0.5, 0.6) is 5.75 Å². The second-order valence-corrected chi connectivity index (χ2v) is 4.89. The smallest absolute Gasteiger partial charge is 0.142 e. The molecular weight excluding hydrogens is 302 g/mol. The van der Waals surface area contributed by atoms with Crippen molar-refractivity contribution in [2.75, 3.05) is 5.73 Å². The molecule has 0 fully saturated rings. The summed E-state index contributed by atoms with van der Waals surface area (Å²) in [5.41, 5.74) is 7.38. The number of nitrogens with two attached hydrogens (primary N) is 1. The molecule has 2 rings (SSSR count). The number of anilines is 1. The van der Waals surface area contributed by atoms with Crippen LogP contribution < -0.4 is 10.5 Å². The van der Waals surface area contributed by atoms with Crippen LogP contribution in [0.15, 0.2) is 46.9 Å². The van der Waals surface area contributed by atoms with Gasteiger partial charge in [-0.25, -0.2) is 0 Å². The molecule has 0 spiro atoms. The molecule has 0 atom stereocenters. The summed E-state index contributed by atoms with van der Waals surface area (Å²) in [4.78, 5) is 0. The minimum atomic E-state index is 0.408. The summed E-state index contributed by atoms with van der Waals surface area (Å²) in [6, 6.07) is 13.1. The van der Waals surface area contributed by atoms with Gasteiger partial charge in [-0.1, -0.05) is 45.7 Å². The van der Waals surface area contributed by atoms with Crippen LogP contribution in [-0.4, -0.2) is 0 Å². The van der Waals surface area contributed by atoms with Crippen molar-refractivity contribution < 1.29 is 4.74 Å². The number of benzene rings is 2. The first-order valence-electron chi connectivity index (χ1n) is 5.08. The molecule has 0 aromatic heterocycles. The van der Waals surface area contributed by atoms with E-state index in [2.05, 4.69) is 15.9 Å². The van der Waals surface area contributed by atoms with E-state index in [1.54, 1.807) is 0 Å². The molecule has 0 radical (unpaired) electrons. The fraction of sp³-hybridized carbons (Fsp3) is 0.0769. The predicted molar refractivity (Wildman–Crippen MR) is 74.3 cm³/mol. The van der Waals surface area contributed by atoms with Crippen molar-refractivity contribution in [3.05, 3.63) is 57.5 Å². The van der Waals surface area contributed by atoms with Crippen LogP contribution in [0.25, 0.3) is 0 Å². The summed E-state index contributed by atoms with van der Waals surface area (Å²) < 4.78 is 6.56. The van der Waals surface area contributed by atoms with Gasteiger partial charge in [0.2, 0.25) is 0 Å². The fourth-order valence-electron chi connectivity index (χ4n) is 1.42. The first-order chi connectivity index (χ1) is 8.16. The van der Waals surface area contributed by atoms with E-state index in [9.17, 15) is 0 Å². The molecule has 4 heteroatoms. The molecule has 0 bridgehead atoms. The highest BCUT2D eigenvalue weighted by atomic mass is 79.9. The Morgan fingerprint density at radius 1 is 1.18 bits per heavy atom. The Kier molecular flexibility index (Phi) is 3.92. The van der Waals surface area contributed by atoms with Crippen LogP contribution in [0.3, 0.4) is 0 Å². The molecule has 2 aromatic carbocycles. The average Bonchev–Trinajstić information content (AvgIpc) is 2.30. The summed E-state index contributed by atoms with van der Waals surface area (Å²) >= 11 is 9.38. The number of hydrogen-bond donors (Lipinski definition) is 1. The molecule has 0 unspecified atom stereocenters. The Morgan fingerprint density at radius 3 is 2.65 bits per heavy atom. The average molecular weight is 313 g/mol. The lowest BCUT2D eigenvalue weighted by Crippen LogP contribution is -1.99. The van der Waals surface area contributed by atoms with Crippen LogP contribution in [0.1, 0.15) is 5.56 Å².